The Morgan fingerprint density at radius 3 is 2.24 bits per heavy atom. The van der Waals surface area contributed by atoms with E-state index in [1.165, 1.54) is 47.4 Å². The molecule has 0 saturated heterocycles. The molecule has 0 N–H and O–H groups in total. The molecule has 268 valence electrons. The molecule has 3 aromatic carbocycles. The number of hydrogen-bond donors (Lipinski definition) is 0. The van der Waals surface area contributed by atoms with Crippen molar-refractivity contribution in [1.82, 2.24) is 13.9 Å². The number of benzene rings is 3. The zero-order valence-electron chi connectivity index (χ0n) is 28.5. The van der Waals surface area contributed by atoms with Gasteiger partial charge in [-0.15, -0.1) is 0 Å². The maximum Gasteiger partial charge on any atom is 0.243 e. The highest BCUT2D eigenvalue weighted by atomic mass is 35.5. The van der Waals surface area contributed by atoms with E-state index < -0.39 is 32.9 Å². The molecular formula is C36H47ClF3N4O3S2+. The van der Waals surface area contributed by atoms with Crippen LogP contribution in [0.2, 0.25) is 5.02 Å². The average Bonchev–Trinajstić information content (AvgIpc) is 3.43. The Morgan fingerprint density at radius 1 is 1.02 bits per heavy atom. The number of nitrogens with zero attached hydrogens (tertiary/aromatic N) is 4. The van der Waals surface area contributed by atoms with Gasteiger partial charge < -0.3 is 9.22 Å². The number of ether oxygens (including phenoxy) is 1. The first kappa shape index (κ1) is 40.4. The molecular weight excluding hydrogens is 693 g/mol. The summed E-state index contributed by atoms with van der Waals surface area (Å²) in [6.07, 6.45) is 2.31. The van der Waals surface area contributed by atoms with Gasteiger partial charge in [0.05, 0.1) is 51.6 Å². The van der Waals surface area contributed by atoms with Crippen molar-refractivity contribution in [1.29, 1.82) is 0 Å². The molecule has 1 aromatic heterocycles. The van der Waals surface area contributed by atoms with Crippen molar-refractivity contribution in [3.63, 3.8) is 0 Å². The van der Waals surface area contributed by atoms with E-state index >= 15 is 4.39 Å². The van der Waals surface area contributed by atoms with E-state index in [1.54, 1.807) is 44.3 Å². The summed E-state index contributed by atoms with van der Waals surface area (Å²) in [5.41, 5.74) is 1.46. The van der Waals surface area contributed by atoms with Crippen LogP contribution in [0.1, 0.15) is 58.4 Å². The van der Waals surface area contributed by atoms with E-state index in [-0.39, 0.29) is 40.5 Å². The molecule has 0 bridgehead atoms. The Labute approximate surface area is 298 Å². The van der Waals surface area contributed by atoms with Crippen LogP contribution in [0.15, 0.2) is 70.8 Å². The first-order valence-electron chi connectivity index (χ1n) is 15.5. The Kier molecular flexibility index (Phi) is 13.1. The van der Waals surface area contributed by atoms with Gasteiger partial charge in [0.1, 0.15) is 11.6 Å². The summed E-state index contributed by atoms with van der Waals surface area (Å²) >= 11 is 7.77. The Morgan fingerprint density at radius 2 is 1.67 bits per heavy atom. The molecule has 4 aromatic rings. The minimum absolute atomic E-state index is 0. The summed E-state index contributed by atoms with van der Waals surface area (Å²) in [6.45, 7) is 8.54. The van der Waals surface area contributed by atoms with Gasteiger partial charge in [-0.2, -0.15) is 4.31 Å². The van der Waals surface area contributed by atoms with Crippen molar-refractivity contribution in [2.24, 2.45) is 0 Å². The lowest BCUT2D eigenvalue weighted by atomic mass is 9.81. The highest BCUT2D eigenvalue weighted by molar-refractivity contribution is 7.98. The molecule has 7 nitrogen and oxygen atoms in total. The van der Waals surface area contributed by atoms with E-state index in [2.05, 4.69) is 4.98 Å². The van der Waals surface area contributed by atoms with Gasteiger partial charge in [-0.3, -0.25) is 4.57 Å². The number of halogens is 4. The van der Waals surface area contributed by atoms with Crippen molar-refractivity contribution >= 4 is 33.4 Å². The summed E-state index contributed by atoms with van der Waals surface area (Å²) in [5.74, 6) is -1.52. The summed E-state index contributed by atoms with van der Waals surface area (Å²) in [5, 5.41) is 0.448. The van der Waals surface area contributed by atoms with Crippen LogP contribution >= 0.6 is 23.4 Å². The normalized spacial score (nSPS) is 12.4. The SMILES string of the molecule is C.COc1cc(C(C)(C)c2cnc(SCc3c(F)cc(S(=O)(=O)N(CCC[N+](C)(C)C)C(C)C)cc3Cl)n2-c2ccc(F)cc2)ccc1F. The lowest BCUT2D eigenvalue weighted by molar-refractivity contribution is -0.870. The van der Waals surface area contributed by atoms with Crippen LogP contribution in [0.25, 0.3) is 5.69 Å². The van der Waals surface area contributed by atoms with Gasteiger partial charge in [0, 0.05) is 46.4 Å². The van der Waals surface area contributed by atoms with Crippen LogP contribution in [-0.4, -0.2) is 74.1 Å². The lowest BCUT2D eigenvalue weighted by Gasteiger charge is -2.29. The van der Waals surface area contributed by atoms with Gasteiger partial charge in [0.15, 0.2) is 16.7 Å². The molecule has 0 unspecified atom stereocenters. The number of sulfonamides is 1. The number of hydrogen-bond acceptors (Lipinski definition) is 5. The van der Waals surface area contributed by atoms with E-state index in [1.807, 2.05) is 39.6 Å². The number of thioether (sulfide) groups is 1. The third kappa shape index (κ3) is 9.21. The van der Waals surface area contributed by atoms with E-state index in [9.17, 15) is 17.2 Å². The number of imidazole rings is 1. The molecule has 0 aliphatic carbocycles. The maximum absolute atomic E-state index is 15.7. The molecule has 0 saturated carbocycles. The van der Waals surface area contributed by atoms with Gasteiger partial charge in [-0.25, -0.2) is 26.6 Å². The van der Waals surface area contributed by atoms with Gasteiger partial charge in [-0.1, -0.05) is 50.7 Å². The minimum atomic E-state index is -4.02. The number of rotatable bonds is 14. The summed E-state index contributed by atoms with van der Waals surface area (Å²) < 4.78 is 80.3. The van der Waals surface area contributed by atoms with Crippen molar-refractivity contribution < 1.29 is 30.8 Å². The Bertz CT molecular complexity index is 1840. The van der Waals surface area contributed by atoms with Gasteiger partial charge in [-0.05, 0) is 67.9 Å². The van der Waals surface area contributed by atoms with Crippen molar-refractivity contribution in [2.45, 2.75) is 68.8 Å². The van der Waals surface area contributed by atoms with Crippen LogP contribution < -0.4 is 4.74 Å². The standard InChI is InChI=1S/C35H43ClF3N4O3S2.CH4/c1-23(2)41(16-9-17-43(5,6)7)48(44,45)27-19-29(36)28(31(39)20-27)22-47-34-40-21-33(42(34)26-13-11-25(37)12-14-26)35(3,4)24-10-15-30(38)32(18-24)46-8;/h10-15,18-21,23H,9,16-17,22H2,1-8H3;1H4/q+1;. The van der Waals surface area contributed by atoms with Gasteiger partial charge in [0.25, 0.3) is 0 Å². The molecule has 0 aliphatic heterocycles. The van der Waals surface area contributed by atoms with Crippen molar-refractivity contribution in [3.8, 4) is 11.4 Å². The van der Waals surface area contributed by atoms with E-state index in [4.69, 9.17) is 16.3 Å². The monoisotopic (exact) mass is 739 g/mol. The van der Waals surface area contributed by atoms with Crippen LogP contribution in [0.5, 0.6) is 5.75 Å². The molecule has 4 rings (SSSR count). The van der Waals surface area contributed by atoms with Crippen LogP contribution in [0.4, 0.5) is 13.2 Å². The van der Waals surface area contributed by atoms with Gasteiger partial charge >= 0.3 is 0 Å². The molecule has 0 aliphatic rings. The predicted molar refractivity (Wildman–Crippen MR) is 193 cm³/mol. The molecule has 0 amide bonds. The minimum Gasteiger partial charge on any atom is -0.494 e. The zero-order chi connectivity index (χ0) is 35.6. The molecule has 0 fully saturated rings. The quantitative estimate of drug-likeness (QED) is 0.0957. The van der Waals surface area contributed by atoms with Crippen LogP contribution in [0.3, 0.4) is 0 Å². The number of quaternary nitrogens is 1. The summed E-state index contributed by atoms with van der Waals surface area (Å²) in [6, 6.07) is 12.5. The molecule has 0 radical (unpaired) electrons. The van der Waals surface area contributed by atoms with Crippen LogP contribution in [-0.2, 0) is 21.2 Å². The lowest BCUT2D eigenvalue weighted by Crippen LogP contribution is -2.41. The fourth-order valence-electron chi connectivity index (χ4n) is 5.41. The highest BCUT2D eigenvalue weighted by Gasteiger charge is 2.32. The topological polar surface area (TPSA) is 64.4 Å². The first-order chi connectivity index (χ1) is 22.4. The zero-order valence-corrected chi connectivity index (χ0v) is 30.9. The average molecular weight is 740 g/mol. The third-order valence-electron chi connectivity index (χ3n) is 8.18. The second-order valence-corrected chi connectivity index (χ2v) is 16.7. The Hall–Kier alpha value is -3.03. The largest absolute Gasteiger partial charge is 0.494 e. The number of methoxy groups -OCH3 is 1. The van der Waals surface area contributed by atoms with Gasteiger partial charge in [0.2, 0.25) is 10.0 Å². The predicted octanol–water partition coefficient (Wildman–Crippen LogP) is 8.70. The first-order valence-corrected chi connectivity index (χ1v) is 18.3. The van der Waals surface area contributed by atoms with Crippen molar-refractivity contribution in [3.05, 3.63) is 100 Å². The van der Waals surface area contributed by atoms with Crippen LogP contribution in [0, 0.1) is 17.5 Å². The smallest absolute Gasteiger partial charge is 0.243 e. The second-order valence-electron chi connectivity index (χ2n) is 13.4. The highest BCUT2D eigenvalue weighted by Crippen LogP contribution is 2.39. The number of aromatic nitrogens is 2. The molecule has 0 spiro atoms. The fourth-order valence-corrected chi connectivity index (χ4v) is 8.57. The Balaban J connectivity index is 0.00000650. The van der Waals surface area contributed by atoms with Crippen molar-refractivity contribution in [2.75, 3.05) is 41.3 Å². The second kappa shape index (κ2) is 15.9. The molecule has 13 heteroatoms. The third-order valence-corrected chi connectivity index (χ3v) is 11.5. The summed E-state index contributed by atoms with van der Waals surface area (Å²) in [4.78, 5) is 4.44. The van der Waals surface area contributed by atoms with E-state index in [0.29, 0.717) is 34.0 Å². The maximum atomic E-state index is 15.7. The summed E-state index contributed by atoms with van der Waals surface area (Å²) in [7, 11) is 3.49. The molecule has 1 heterocycles. The molecule has 0 atom stereocenters. The van der Waals surface area contributed by atoms with E-state index in [0.717, 1.165) is 18.2 Å². The molecule has 49 heavy (non-hydrogen) atoms. The fraction of sp³-hybridized carbons (Fsp3) is 0.417.